The molecule has 1 aromatic carbocycles. The van der Waals surface area contributed by atoms with E-state index in [9.17, 15) is 0 Å². The lowest BCUT2D eigenvalue weighted by molar-refractivity contribution is 0.967. The Morgan fingerprint density at radius 2 is 2.20 bits per heavy atom. The van der Waals surface area contributed by atoms with E-state index in [4.69, 9.17) is 16.9 Å². The predicted molar refractivity (Wildman–Crippen MR) is 62.0 cm³/mol. The zero-order valence-electron chi connectivity index (χ0n) is 8.71. The van der Waals surface area contributed by atoms with Crippen LogP contribution in [0.15, 0.2) is 18.2 Å². The molecule has 0 amide bonds. The second kappa shape index (κ2) is 3.60. The van der Waals surface area contributed by atoms with Gasteiger partial charge in [-0.3, -0.25) is 0 Å². The summed E-state index contributed by atoms with van der Waals surface area (Å²) in [6, 6.07) is 8.28. The van der Waals surface area contributed by atoms with Crippen LogP contribution in [0.2, 0.25) is 5.15 Å². The van der Waals surface area contributed by atoms with Gasteiger partial charge in [-0.2, -0.15) is 5.26 Å². The van der Waals surface area contributed by atoms with E-state index in [0.717, 1.165) is 17.3 Å². The van der Waals surface area contributed by atoms with Gasteiger partial charge in [0.2, 0.25) is 0 Å². The van der Waals surface area contributed by atoms with E-state index in [1.807, 2.05) is 23.7 Å². The van der Waals surface area contributed by atoms with E-state index in [1.165, 1.54) is 5.56 Å². The van der Waals surface area contributed by atoms with Gasteiger partial charge < -0.3 is 4.57 Å². The van der Waals surface area contributed by atoms with Crippen LogP contribution in [-0.4, -0.2) is 4.57 Å². The average Bonchev–Trinajstić information content (AvgIpc) is 2.51. The van der Waals surface area contributed by atoms with Gasteiger partial charge in [-0.05, 0) is 24.1 Å². The molecule has 0 aliphatic rings. The van der Waals surface area contributed by atoms with Crippen LogP contribution in [0, 0.1) is 11.3 Å². The summed E-state index contributed by atoms with van der Waals surface area (Å²) in [7, 11) is 1.87. The molecule has 15 heavy (non-hydrogen) atoms. The van der Waals surface area contributed by atoms with Crippen LogP contribution in [0.25, 0.3) is 10.9 Å². The van der Waals surface area contributed by atoms with Crippen molar-refractivity contribution in [2.75, 3.05) is 0 Å². The highest BCUT2D eigenvalue weighted by Gasteiger charge is 2.12. The number of aromatic nitrogens is 1. The molecule has 0 bridgehead atoms. The van der Waals surface area contributed by atoms with E-state index in [-0.39, 0.29) is 0 Å². The number of hydrogen-bond donors (Lipinski definition) is 0. The lowest BCUT2D eigenvalue weighted by Crippen LogP contribution is -1.86. The van der Waals surface area contributed by atoms with Crippen LogP contribution in [-0.2, 0) is 13.5 Å². The Kier molecular flexibility index (Phi) is 2.42. The molecule has 2 aromatic rings. The first-order chi connectivity index (χ1) is 7.19. The van der Waals surface area contributed by atoms with E-state index in [2.05, 4.69) is 19.1 Å². The summed E-state index contributed by atoms with van der Waals surface area (Å²) < 4.78 is 1.84. The minimum atomic E-state index is 0.515. The molecule has 0 spiro atoms. The van der Waals surface area contributed by atoms with Crippen LogP contribution in [0.1, 0.15) is 18.1 Å². The largest absolute Gasteiger partial charge is 0.334 e. The van der Waals surface area contributed by atoms with Crippen molar-refractivity contribution in [1.29, 1.82) is 5.26 Å². The summed E-state index contributed by atoms with van der Waals surface area (Å²) in [5, 5.41) is 10.5. The molecule has 0 saturated carbocycles. The predicted octanol–water partition coefficient (Wildman–Crippen LogP) is 3.27. The maximum absolute atomic E-state index is 9.05. The van der Waals surface area contributed by atoms with E-state index < -0.39 is 0 Å². The van der Waals surface area contributed by atoms with Gasteiger partial charge >= 0.3 is 0 Å². The summed E-state index contributed by atoms with van der Waals surface area (Å²) in [6.45, 7) is 2.10. The summed E-state index contributed by atoms with van der Waals surface area (Å²) in [6.07, 6.45) is 0.966. The topological polar surface area (TPSA) is 28.7 Å². The van der Waals surface area contributed by atoms with Gasteiger partial charge in [0.25, 0.3) is 0 Å². The molecule has 0 aliphatic carbocycles. The number of benzene rings is 1. The van der Waals surface area contributed by atoms with Crippen LogP contribution in [0.4, 0.5) is 0 Å². The van der Waals surface area contributed by atoms with Crippen molar-refractivity contribution in [1.82, 2.24) is 4.57 Å². The summed E-state index contributed by atoms with van der Waals surface area (Å²) in [5.74, 6) is 0. The lowest BCUT2D eigenvalue weighted by Gasteiger charge is -1.98. The Morgan fingerprint density at radius 3 is 2.80 bits per heavy atom. The van der Waals surface area contributed by atoms with Crippen LogP contribution >= 0.6 is 11.6 Å². The number of hydrogen-bond acceptors (Lipinski definition) is 1. The number of rotatable bonds is 1. The molecule has 1 heterocycles. The molecular formula is C12H11ClN2. The van der Waals surface area contributed by atoms with Crippen molar-refractivity contribution in [3.8, 4) is 6.07 Å². The Bertz CT molecular complexity index is 561. The van der Waals surface area contributed by atoms with Crippen LogP contribution < -0.4 is 0 Å². The first-order valence-corrected chi connectivity index (χ1v) is 5.23. The van der Waals surface area contributed by atoms with Crippen LogP contribution in [0.3, 0.4) is 0 Å². The Morgan fingerprint density at radius 1 is 1.47 bits per heavy atom. The molecule has 0 N–H and O–H groups in total. The van der Waals surface area contributed by atoms with Crippen LogP contribution in [0.5, 0.6) is 0 Å². The third-order valence-corrected chi connectivity index (χ3v) is 3.16. The third kappa shape index (κ3) is 1.40. The van der Waals surface area contributed by atoms with Gasteiger partial charge in [0.15, 0.2) is 0 Å². The van der Waals surface area contributed by atoms with Gasteiger partial charge in [0, 0.05) is 12.4 Å². The number of fused-ring (bicyclic) bond motifs is 1. The maximum Gasteiger partial charge on any atom is 0.127 e. The van der Waals surface area contributed by atoms with Crippen molar-refractivity contribution in [2.24, 2.45) is 7.05 Å². The zero-order chi connectivity index (χ0) is 11.0. The summed E-state index contributed by atoms with van der Waals surface area (Å²) >= 11 is 6.07. The highest BCUT2D eigenvalue weighted by molar-refractivity contribution is 6.32. The van der Waals surface area contributed by atoms with E-state index in [1.54, 1.807) is 0 Å². The summed E-state index contributed by atoms with van der Waals surface area (Å²) in [4.78, 5) is 0. The first-order valence-electron chi connectivity index (χ1n) is 4.86. The molecule has 2 rings (SSSR count). The van der Waals surface area contributed by atoms with Gasteiger partial charge in [0.1, 0.15) is 11.2 Å². The van der Waals surface area contributed by atoms with Crippen molar-refractivity contribution in [3.05, 3.63) is 34.5 Å². The van der Waals surface area contributed by atoms with Crippen molar-refractivity contribution >= 4 is 22.5 Å². The SMILES string of the molecule is CCc1ccc2c(c1)c(C#N)c(Cl)n2C. The minimum Gasteiger partial charge on any atom is -0.334 e. The first kappa shape index (κ1) is 10.1. The van der Waals surface area contributed by atoms with E-state index >= 15 is 0 Å². The highest BCUT2D eigenvalue weighted by Crippen LogP contribution is 2.29. The zero-order valence-corrected chi connectivity index (χ0v) is 9.47. The fraction of sp³-hybridized carbons (Fsp3) is 0.250. The van der Waals surface area contributed by atoms with Gasteiger partial charge in [-0.25, -0.2) is 0 Å². The molecule has 0 unspecified atom stereocenters. The number of halogens is 1. The molecule has 0 radical (unpaired) electrons. The van der Waals surface area contributed by atoms with Gasteiger partial charge in [-0.15, -0.1) is 0 Å². The Labute approximate surface area is 93.7 Å². The van der Waals surface area contributed by atoms with Crippen molar-refractivity contribution in [3.63, 3.8) is 0 Å². The third-order valence-electron chi connectivity index (χ3n) is 2.71. The fourth-order valence-electron chi connectivity index (χ4n) is 1.79. The second-order valence-corrected chi connectivity index (χ2v) is 3.90. The smallest absolute Gasteiger partial charge is 0.127 e. The molecule has 2 nitrogen and oxygen atoms in total. The molecule has 1 aromatic heterocycles. The Balaban J connectivity index is 2.87. The van der Waals surface area contributed by atoms with E-state index in [0.29, 0.717) is 10.7 Å². The normalized spacial score (nSPS) is 10.5. The Hall–Kier alpha value is -1.46. The fourth-order valence-corrected chi connectivity index (χ4v) is 2.02. The van der Waals surface area contributed by atoms with Gasteiger partial charge in [0.05, 0.1) is 11.1 Å². The molecule has 0 atom stereocenters. The monoisotopic (exact) mass is 218 g/mol. The average molecular weight is 219 g/mol. The molecule has 0 saturated heterocycles. The highest BCUT2D eigenvalue weighted by atomic mass is 35.5. The van der Waals surface area contributed by atoms with Crippen molar-refractivity contribution < 1.29 is 0 Å². The molecule has 76 valence electrons. The molecule has 0 aliphatic heterocycles. The molecule has 3 heteroatoms. The summed E-state index contributed by atoms with van der Waals surface area (Å²) in [5.41, 5.74) is 2.81. The maximum atomic E-state index is 9.05. The molecule has 0 fully saturated rings. The van der Waals surface area contributed by atoms with Gasteiger partial charge in [-0.1, -0.05) is 24.6 Å². The quantitative estimate of drug-likeness (QED) is 0.722. The number of nitriles is 1. The number of aryl methyl sites for hydroxylation is 2. The lowest BCUT2D eigenvalue weighted by atomic mass is 10.1. The molecular weight excluding hydrogens is 208 g/mol. The minimum absolute atomic E-state index is 0.515. The van der Waals surface area contributed by atoms with Crippen molar-refractivity contribution in [2.45, 2.75) is 13.3 Å². The second-order valence-electron chi connectivity index (χ2n) is 3.54. The number of nitrogens with zero attached hydrogens (tertiary/aromatic N) is 2. The standard InChI is InChI=1S/C12H11ClN2/c1-3-8-4-5-11-9(6-8)10(7-14)12(13)15(11)2/h4-6H,3H2,1-2H3.